The molecule has 0 aliphatic heterocycles. The molecule has 0 aliphatic rings. The number of benzene rings is 1. The third-order valence-electron chi connectivity index (χ3n) is 2.01. The number of halogens is 1. The molecular weight excluding hydrogens is 282 g/mol. The molecule has 1 amide bonds. The van der Waals surface area contributed by atoms with Gasteiger partial charge in [0.25, 0.3) is 0 Å². The monoisotopic (exact) mass is 299 g/mol. The summed E-state index contributed by atoms with van der Waals surface area (Å²) in [6, 6.07) is 8.05. The van der Waals surface area contributed by atoms with E-state index in [1.807, 2.05) is 45.0 Å². The highest BCUT2D eigenvalue weighted by molar-refractivity contribution is 9.08. The molecule has 0 radical (unpaired) electrons. The van der Waals surface area contributed by atoms with Crippen LogP contribution in [0.25, 0.3) is 0 Å². The lowest BCUT2D eigenvalue weighted by Crippen LogP contribution is -2.32. The Bertz CT molecular complexity index is 368. The molecule has 17 heavy (non-hydrogen) atoms. The number of rotatable bonds is 3. The summed E-state index contributed by atoms with van der Waals surface area (Å²) in [6.45, 7) is 6.02. The highest BCUT2D eigenvalue weighted by Gasteiger charge is 2.15. The number of carbonyl (C=O) groups excluding carboxylic acids is 1. The summed E-state index contributed by atoms with van der Waals surface area (Å²) in [4.78, 5) is 11.4. The largest absolute Gasteiger partial charge is 0.444 e. The molecule has 1 aromatic carbocycles. The second kappa shape index (κ2) is 6.05. The summed E-state index contributed by atoms with van der Waals surface area (Å²) in [5, 5.41) is 3.56. The van der Waals surface area contributed by atoms with Gasteiger partial charge in [0.05, 0.1) is 0 Å². The molecule has 0 saturated heterocycles. The lowest BCUT2D eigenvalue weighted by atomic mass is 10.1. The minimum atomic E-state index is -0.454. The first kappa shape index (κ1) is 14.0. The van der Waals surface area contributed by atoms with Crippen molar-refractivity contribution in [2.75, 3.05) is 0 Å². The van der Waals surface area contributed by atoms with Crippen LogP contribution in [0.3, 0.4) is 0 Å². The van der Waals surface area contributed by atoms with Crippen LogP contribution in [-0.4, -0.2) is 11.7 Å². The predicted octanol–water partition coefficient (Wildman–Crippen LogP) is 3.61. The molecule has 94 valence electrons. The van der Waals surface area contributed by atoms with Gasteiger partial charge in [0.15, 0.2) is 0 Å². The van der Waals surface area contributed by atoms with Crippen molar-refractivity contribution >= 4 is 22.0 Å². The Balaban J connectivity index is 2.42. The number of carbonyl (C=O) groups is 1. The van der Waals surface area contributed by atoms with Crippen molar-refractivity contribution in [2.45, 2.75) is 38.2 Å². The van der Waals surface area contributed by atoms with Crippen molar-refractivity contribution in [2.24, 2.45) is 0 Å². The van der Waals surface area contributed by atoms with Crippen molar-refractivity contribution in [1.82, 2.24) is 5.32 Å². The Labute approximate surface area is 111 Å². The molecule has 0 unspecified atom stereocenters. The average Bonchev–Trinajstić information content (AvgIpc) is 2.25. The van der Waals surface area contributed by atoms with Gasteiger partial charge in [-0.2, -0.15) is 0 Å². The van der Waals surface area contributed by atoms with Gasteiger partial charge in [-0.05, 0) is 31.9 Å². The Morgan fingerprint density at radius 2 is 1.76 bits per heavy atom. The van der Waals surface area contributed by atoms with E-state index in [0.717, 1.165) is 10.9 Å². The van der Waals surface area contributed by atoms with Gasteiger partial charge < -0.3 is 10.1 Å². The topological polar surface area (TPSA) is 38.3 Å². The van der Waals surface area contributed by atoms with E-state index in [1.165, 1.54) is 5.56 Å². The SMILES string of the molecule is CC(C)(C)OC(=O)NCc1ccc(CBr)cc1. The Hall–Kier alpha value is -1.03. The molecular formula is C13H18BrNO2. The molecule has 3 nitrogen and oxygen atoms in total. The van der Waals surface area contributed by atoms with Crippen LogP contribution in [0.15, 0.2) is 24.3 Å². The van der Waals surface area contributed by atoms with Gasteiger partial charge in [0.1, 0.15) is 5.60 Å². The van der Waals surface area contributed by atoms with Gasteiger partial charge in [-0.15, -0.1) is 0 Å². The minimum Gasteiger partial charge on any atom is -0.444 e. The molecule has 0 heterocycles. The number of ether oxygens (including phenoxy) is 1. The molecule has 0 spiro atoms. The van der Waals surface area contributed by atoms with Crippen molar-refractivity contribution in [1.29, 1.82) is 0 Å². The molecule has 0 aromatic heterocycles. The Kier molecular flexibility index (Phi) is 5.00. The zero-order valence-corrected chi connectivity index (χ0v) is 12.0. The summed E-state index contributed by atoms with van der Waals surface area (Å²) in [5.41, 5.74) is 1.82. The van der Waals surface area contributed by atoms with E-state index in [4.69, 9.17) is 4.74 Å². The van der Waals surface area contributed by atoms with Crippen LogP contribution in [0.5, 0.6) is 0 Å². The minimum absolute atomic E-state index is 0.387. The Morgan fingerprint density at radius 1 is 1.24 bits per heavy atom. The van der Waals surface area contributed by atoms with E-state index in [2.05, 4.69) is 21.2 Å². The van der Waals surface area contributed by atoms with Gasteiger partial charge in [0.2, 0.25) is 0 Å². The average molecular weight is 300 g/mol. The molecule has 0 atom stereocenters. The first-order valence-electron chi connectivity index (χ1n) is 5.51. The van der Waals surface area contributed by atoms with Crippen molar-refractivity contribution in [3.63, 3.8) is 0 Å². The van der Waals surface area contributed by atoms with Gasteiger partial charge in [-0.3, -0.25) is 0 Å². The van der Waals surface area contributed by atoms with E-state index in [-0.39, 0.29) is 6.09 Å². The quantitative estimate of drug-likeness (QED) is 0.866. The molecule has 0 fully saturated rings. The molecule has 0 aliphatic carbocycles. The standard InChI is InChI=1S/C13H18BrNO2/c1-13(2,3)17-12(16)15-9-11-6-4-10(8-14)5-7-11/h4-7H,8-9H2,1-3H3,(H,15,16). The summed E-state index contributed by atoms with van der Waals surface area (Å²) in [6.07, 6.45) is -0.387. The van der Waals surface area contributed by atoms with Gasteiger partial charge >= 0.3 is 6.09 Å². The van der Waals surface area contributed by atoms with Crippen LogP contribution < -0.4 is 5.32 Å². The normalized spacial score (nSPS) is 11.1. The van der Waals surface area contributed by atoms with Crippen molar-refractivity contribution < 1.29 is 9.53 Å². The van der Waals surface area contributed by atoms with Crippen LogP contribution >= 0.6 is 15.9 Å². The van der Waals surface area contributed by atoms with Crippen molar-refractivity contribution in [3.05, 3.63) is 35.4 Å². The number of alkyl halides is 1. The third kappa shape index (κ3) is 5.73. The Morgan fingerprint density at radius 3 is 2.24 bits per heavy atom. The van der Waals surface area contributed by atoms with Crippen LogP contribution in [0, 0.1) is 0 Å². The number of alkyl carbamates (subject to hydrolysis) is 1. The predicted molar refractivity (Wildman–Crippen MR) is 72.1 cm³/mol. The van der Waals surface area contributed by atoms with E-state index in [9.17, 15) is 4.79 Å². The fraction of sp³-hybridized carbons (Fsp3) is 0.462. The number of nitrogens with one attached hydrogen (secondary N) is 1. The molecule has 0 bridgehead atoms. The van der Waals surface area contributed by atoms with Crippen LogP contribution in [0.1, 0.15) is 31.9 Å². The van der Waals surface area contributed by atoms with E-state index >= 15 is 0 Å². The molecule has 4 heteroatoms. The second-order valence-electron chi connectivity index (χ2n) is 4.81. The fourth-order valence-electron chi connectivity index (χ4n) is 1.23. The smallest absolute Gasteiger partial charge is 0.407 e. The maximum Gasteiger partial charge on any atom is 0.407 e. The fourth-order valence-corrected chi connectivity index (χ4v) is 1.61. The van der Waals surface area contributed by atoms with E-state index in [1.54, 1.807) is 0 Å². The van der Waals surface area contributed by atoms with E-state index < -0.39 is 5.60 Å². The van der Waals surface area contributed by atoms with Gasteiger partial charge in [-0.25, -0.2) is 4.79 Å². The second-order valence-corrected chi connectivity index (χ2v) is 5.37. The lowest BCUT2D eigenvalue weighted by Gasteiger charge is -2.19. The summed E-state index contributed by atoms with van der Waals surface area (Å²) in [5.74, 6) is 0. The summed E-state index contributed by atoms with van der Waals surface area (Å²) < 4.78 is 5.15. The van der Waals surface area contributed by atoms with Crippen LogP contribution in [0.2, 0.25) is 0 Å². The highest BCUT2D eigenvalue weighted by atomic mass is 79.9. The third-order valence-corrected chi connectivity index (χ3v) is 2.66. The maximum absolute atomic E-state index is 11.4. The van der Waals surface area contributed by atoms with Crippen LogP contribution in [0.4, 0.5) is 4.79 Å². The molecule has 1 rings (SSSR count). The molecule has 1 N–H and O–H groups in total. The zero-order chi connectivity index (χ0) is 12.9. The van der Waals surface area contributed by atoms with Crippen molar-refractivity contribution in [3.8, 4) is 0 Å². The number of hydrogen-bond donors (Lipinski definition) is 1. The highest BCUT2D eigenvalue weighted by Crippen LogP contribution is 2.09. The van der Waals surface area contributed by atoms with Gasteiger partial charge in [-0.1, -0.05) is 40.2 Å². The number of amides is 1. The van der Waals surface area contributed by atoms with E-state index in [0.29, 0.717) is 6.54 Å². The lowest BCUT2D eigenvalue weighted by molar-refractivity contribution is 0.0523. The van der Waals surface area contributed by atoms with Gasteiger partial charge in [0, 0.05) is 11.9 Å². The molecule has 1 aromatic rings. The zero-order valence-electron chi connectivity index (χ0n) is 10.4. The summed E-state index contributed by atoms with van der Waals surface area (Å²) >= 11 is 3.39. The van der Waals surface area contributed by atoms with Crippen LogP contribution in [-0.2, 0) is 16.6 Å². The maximum atomic E-state index is 11.4. The molecule has 0 saturated carbocycles. The first-order valence-corrected chi connectivity index (χ1v) is 6.63. The number of hydrogen-bond acceptors (Lipinski definition) is 2. The first-order chi connectivity index (χ1) is 7.90. The summed E-state index contributed by atoms with van der Waals surface area (Å²) in [7, 11) is 0.